The minimum Gasteiger partial charge on any atom is -0.462 e. The van der Waals surface area contributed by atoms with Crippen molar-refractivity contribution in [2.75, 3.05) is 13.2 Å². The highest BCUT2D eigenvalue weighted by atomic mass is 16.6. The molecular formula is C74H122O6. The standard InChI is InChI=1S/C74H122O6/c1-4-7-10-13-16-19-22-25-28-30-32-34-36-38-39-41-43-46-49-52-55-58-61-64-67-73(76)79-70-71(69-78-72(75)66-63-60-57-54-51-48-45-27-24-21-18-15-12-9-6-3)80-74(77)68-65-62-59-56-53-50-47-44-42-40-37-35-33-31-29-26-23-20-17-14-11-8-5-2/h8-9,11-12,17-18,20-21,26-27,29,33,35,40,42,45,47,50-51,54,56,59,71H,4-7,10,13-16,19,22-25,28,30-32,34,36-39,41,43-44,46,48-49,52-53,55,57-58,60-70H2,1-3H3/b11-8-,12-9-,20-17-,21-18-,29-26-,35-33-,42-40-,45-27-,50-47-,54-51-,59-56-. The zero-order chi connectivity index (χ0) is 57.8. The molecule has 1 atom stereocenters. The van der Waals surface area contributed by atoms with Gasteiger partial charge in [0.2, 0.25) is 0 Å². The van der Waals surface area contributed by atoms with Gasteiger partial charge in [-0.1, -0.05) is 302 Å². The van der Waals surface area contributed by atoms with Crippen LogP contribution in [0.5, 0.6) is 0 Å². The molecule has 0 aromatic heterocycles. The van der Waals surface area contributed by atoms with Crippen LogP contribution in [0.15, 0.2) is 134 Å². The quantitative estimate of drug-likeness (QED) is 0.0261. The molecule has 0 N–H and O–H groups in total. The molecule has 0 bridgehead atoms. The molecule has 0 aliphatic heterocycles. The summed E-state index contributed by atoms with van der Waals surface area (Å²) in [5, 5.41) is 0. The minimum atomic E-state index is -0.831. The van der Waals surface area contributed by atoms with Crippen LogP contribution in [-0.2, 0) is 28.6 Å². The van der Waals surface area contributed by atoms with Crippen molar-refractivity contribution in [2.24, 2.45) is 0 Å². The molecule has 6 nitrogen and oxygen atoms in total. The highest BCUT2D eigenvalue weighted by molar-refractivity contribution is 5.71. The minimum absolute atomic E-state index is 0.116. The normalized spacial score (nSPS) is 13.0. The number of ether oxygens (including phenoxy) is 3. The summed E-state index contributed by atoms with van der Waals surface area (Å²) in [5.41, 5.74) is 0. The fraction of sp³-hybridized carbons (Fsp3) is 0.662. The Morgan fingerprint density at radius 2 is 0.500 bits per heavy atom. The van der Waals surface area contributed by atoms with Crippen LogP contribution < -0.4 is 0 Å². The highest BCUT2D eigenvalue weighted by Crippen LogP contribution is 2.17. The van der Waals surface area contributed by atoms with Crippen LogP contribution in [0.4, 0.5) is 0 Å². The van der Waals surface area contributed by atoms with E-state index in [1.165, 1.54) is 135 Å². The average molecular weight is 1110 g/mol. The van der Waals surface area contributed by atoms with E-state index >= 15 is 0 Å². The monoisotopic (exact) mass is 1110 g/mol. The van der Waals surface area contributed by atoms with Gasteiger partial charge in [0.1, 0.15) is 13.2 Å². The number of unbranched alkanes of at least 4 members (excludes halogenated alkanes) is 26. The van der Waals surface area contributed by atoms with Gasteiger partial charge < -0.3 is 14.2 Å². The summed E-state index contributed by atoms with van der Waals surface area (Å²) >= 11 is 0. The van der Waals surface area contributed by atoms with Crippen molar-refractivity contribution in [3.63, 3.8) is 0 Å². The van der Waals surface area contributed by atoms with Crippen LogP contribution in [-0.4, -0.2) is 37.2 Å². The lowest BCUT2D eigenvalue weighted by molar-refractivity contribution is -0.167. The lowest BCUT2D eigenvalue weighted by Gasteiger charge is -2.18. The first-order valence-corrected chi connectivity index (χ1v) is 33.2. The average Bonchev–Trinajstić information content (AvgIpc) is 3.46. The molecule has 0 aliphatic carbocycles. The molecule has 454 valence electrons. The molecule has 0 fully saturated rings. The van der Waals surface area contributed by atoms with Gasteiger partial charge in [-0.3, -0.25) is 14.4 Å². The van der Waals surface area contributed by atoms with Crippen molar-refractivity contribution in [2.45, 2.75) is 303 Å². The van der Waals surface area contributed by atoms with Crippen LogP contribution in [0.2, 0.25) is 0 Å². The Bertz CT molecular complexity index is 1700. The van der Waals surface area contributed by atoms with Crippen molar-refractivity contribution in [3.05, 3.63) is 134 Å². The Kier molecular flexibility index (Phi) is 63.3. The van der Waals surface area contributed by atoms with E-state index in [0.29, 0.717) is 25.7 Å². The van der Waals surface area contributed by atoms with Gasteiger partial charge in [0.15, 0.2) is 6.10 Å². The third-order valence-corrected chi connectivity index (χ3v) is 13.9. The summed E-state index contributed by atoms with van der Waals surface area (Å²) < 4.78 is 16.9. The van der Waals surface area contributed by atoms with E-state index in [-0.39, 0.29) is 37.5 Å². The summed E-state index contributed by atoms with van der Waals surface area (Å²) in [6.07, 6.45) is 94.8. The van der Waals surface area contributed by atoms with Crippen molar-refractivity contribution < 1.29 is 28.6 Å². The molecule has 0 amide bonds. The molecule has 6 heteroatoms. The van der Waals surface area contributed by atoms with E-state index in [4.69, 9.17) is 14.2 Å². The van der Waals surface area contributed by atoms with E-state index < -0.39 is 6.10 Å². The van der Waals surface area contributed by atoms with Crippen LogP contribution in [0.1, 0.15) is 297 Å². The van der Waals surface area contributed by atoms with Gasteiger partial charge in [-0.05, 0) is 109 Å². The van der Waals surface area contributed by atoms with Gasteiger partial charge in [0.25, 0.3) is 0 Å². The van der Waals surface area contributed by atoms with Crippen molar-refractivity contribution in [1.82, 2.24) is 0 Å². The van der Waals surface area contributed by atoms with Crippen LogP contribution in [0.25, 0.3) is 0 Å². The van der Waals surface area contributed by atoms with Crippen molar-refractivity contribution in [1.29, 1.82) is 0 Å². The Morgan fingerprint density at radius 3 is 0.800 bits per heavy atom. The summed E-state index contributed by atoms with van der Waals surface area (Å²) in [6.45, 7) is 6.35. The van der Waals surface area contributed by atoms with E-state index in [0.717, 1.165) is 109 Å². The number of hydrogen-bond donors (Lipinski definition) is 0. The first kappa shape index (κ1) is 75.5. The molecule has 0 radical (unpaired) electrons. The summed E-state index contributed by atoms with van der Waals surface area (Å²) in [4.78, 5) is 38.3. The topological polar surface area (TPSA) is 78.9 Å². The second kappa shape index (κ2) is 67.1. The molecule has 0 heterocycles. The Labute approximate surface area is 494 Å². The molecular weight excluding hydrogens is 985 g/mol. The van der Waals surface area contributed by atoms with E-state index in [1.807, 2.05) is 0 Å². The fourth-order valence-electron chi connectivity index (χ4n) is 9.01. The Morgan fingerprint density at radius 1 is 0.263 bits per heavy atom. The van der Waals surface area contributed by atoms with Crippen molar-refractivity contribution >= 4 is 17.9 Å². The third-order valence-electron chi connectivity index (χ3n) is 13.9. The van der Waals surface area contributed by atoms with E-state index in [1.54, 1.807) is 0 Å². The number of carbonyl (C=O) groups is 3. The molecule has 0 saturated heterocycles. The second-order valence-electron chi connectivity index (χ2n) is 21.6. The molecule has 0 aliphatic rings. The van der Waals surface area contributed by atoms with Gasteiger partial charge in [-0.25, -0.2) is 0 Å². The predicted octanol–water partition coefficient (Wildman–Crippen LogP) is 22.9. The Balaban J connectivity index is 4.47. The molecule has 0 rings (SSSR count). The van der Waals surface area contributed by atoms with E-state index in [2.05, 4.69) is 154 Å². The lowest BCUT2D eigenvalue weighted by atomic mass is 10.0. The number of esters is 3. The number of carbonyl (C=O) groups excluding carboxylic acids is 3. The summed E-state index contributed by atoms with van der Waals surface area (Å²) in [5.74, 6) is -1.01. The zero-order valence-corrected chi connectivity index (χ0v) is 52.0. The van der Waals surface area contributed by atoms with Gasteiger partial charge in [0, 0.05) is 19.3 Å². The molecule has 0 aromatic rings. The van der Waals surface area contributed by atoms with Gasteiger partial charge in [-0.2, -0.15) is 0 Å². The molecule has 80 heavy (non-hydrogen) atoms. The van der Waals surface area contributed by atoms with Gasteiger partial charge in [-0.15, -0.1) is 0 Å². The molecule has 0 aromatic carbocycles. The first-order chi connectivity index (χ1) is 39.5. The largest absolute Gasteiger partial charge is 0.462 e. The molecule has 0 spiro atoms. The van der Waals surface area contributed by atoms with E-state index in [9.17, 15) is 14.4 Å². The van der Waals surface area contributed by atoms with Crippen LogP contribution in [0, 0.1) is 0 Å². The highest BCUT2D eigenvalue weighted by Gasteiger charge is 2.19. The maximum atomic E-state index is 12.9. The predicted molar refractivity (Wildman–Crippen MR) is 348 cm³/mol. The maximum absolute atomic E-state index is 12.9. The van der Waals surface area contributed by atoms with Crippen LogP contribution in [0.3, 0.4) is 0 Å². The third kappa shape index (κ3) is 64.4. The smallest absolute Gasteiger partial charge is 0.306 e. The first-order valence-electron chi connectivity index (χ1n) is 33.2. The lowest BCUT2D eigenvalue weighted by Crippen LogP contribution is -2.30. The van der Waals surface area contributed by atoms with Gasteiger partial charge >= 0.3 is 17.9 Å². The fourth-order valence-corrected chi connectivity index (χ4v) is 9.01. The maximum Gasteiger partial charge on any atom is 0.306 e. The molecule has 1 unspecified atom stereocenters. The number of rotatable bonds is 59. The second-order valence-corrected chi connectivity index (χ2v) is 21.6. The molecule has 0 saturated carbocycles. The SMILES string of the molecule is CC/C=C\C/C=C\C/C=C\C/C=C\C/C=C\C/C=C\C/C=C\CCCC(=O)OC(COC(=O)CCCC/C=C\C/C=C\C/C=C\C/C=C\CC)COC(=O)CCCCCCCCCCCCCCCCCCCCCCCCCC. The Hall–Kier alpha value is -4.45. The van der Waals surface area contributed by atoms with Crippen molar-refractivity contribution in [3.8, 4) is 0 Å². The zero-order valence-electron chi connectivity index (χ0n) is 52.0. The van der Waals surface area contributed by atoms with Crippen LogP contribution >= 0.6 is 0 Å². The summed E-state index contributed by atoms with van der Waals surface area (Å²) in [7, 11) is 0. The van der Waals surface area contributed by atoms with Gasteiger partial charge in [0.05, 0.1) is 0 Å². The number of hydrogen-bond acceptors (Lipinski definition) is 6. The summed E-state index contributed by atoms with van der Waals surface area (Å²) in [6, 6.07) is 0. The number of allylic oxidation sites excluding steroid dienone is 22.